The summed E-state index contributed by atoms with van der Waals surface area (Å²) >= 11 is 0. The Morgan fingerprint density at radius 3 is 3.19 bits per heavy atom. The molecule has 1 aliphatic heterocycles. The molecule has 1 unspecified atom stereocenters. The van der Waals surface area contributed by atoms with Gasteiger partial charge in [0.2, 0.25) is 0 Å². The lowest BCUT2D eigenvalue weighted by Gasteiger charge is -2.12. The van der Waals surface area contributed by atoms with Crippen LogP contribution in [0.4, 0.5) is 0 Å². The maximum atomic E-state index is 5.60. The van der Waals surface area contributed by atoms with E-state index in [1.54, 1.807) is 13.3 Å². The molecule has 1 fully saturated rings. The summed E-state index contributed by atoms with van der Waals surface area (Å²) in [6, 6.07) is 1.82. The first-order chi connectivity index (χ1) is 10.4. The Balaban J connectivity index is 1.48. The van der Waals surface area contributed by atoms with E-state index in [0.29, 0.717) is 19.3 Å². The molecule has 2 N–H and O–H groups in total. The van der Waals surface area contributed by atoms with E-state index >= 15 is 0 Å². The van der Waals surface area contributed by atoms with Crippen LogP contribution in [0, 0.1) is 0 Å². The summed E-state index contributed by atoms with van der Waals surface area (Å²) in [5.41, 5.74) is 0.845. The van der Waals surface area contributed by atoms with Crippen LogP contribution in [-0.2, 0) is 16.0 Å². The molecule has 118 valence electrons. The summed E-state index contributed by atoms with van der Waals surface area (Å²) in [5.74, 6) is 0.747. The molecule has 1 aromatic heterocycles. The highest BCUT2D eigenvalue weighted by Crippen LogP contribution is 2.11. The predicted molar refractivity (Wildman–Crippen MR) is 79.1 cm³/mol. The number of rotatable bonds is 8. The topological polar surface area (TPSA) is 80.9 Å². The molecule has 2 heterocycles. The Bertz CT molecular complexity index is 402. The van der Waals surface area contributed by atoms with Crippen LogP contribution in [0.15, 0.2) is 21.8 Å². The van der Waals surface area contributed by atoms with Crippen LogP contribution in [0.2, 0.25) is 0 Å². The lowest BCUT2D eigenvalue weighted by Crippen LogP contribution is -2.37. The molecule has 0 aliphatic carbocycles. The average Bonchev–Trinajstić information content (AvgIpc) is 3.19. The van der Waals surface area contributed by atoms with E-state index in [2.05, 4.69) is 20.8 Å². The van der Waals surface area contributed by atoms with Gasteiger partial charge in [0.05, 0.1) is 19.3 Å². The predicted octanol–water partition coefficient (Wildman–Crippen LogP) is 0.925. The van der Waals surface area contributed by atoms with Gasteiger partial charge >= 0.3 is 0 Å². The maximum absolute atomic E-state index is 5.60. The second-order valence-electron chi connectivity index (χ2n) is 4.91. The maximum Gasteiger partial charge on any atom is 0.191 e. The molecule has 0 radical (unpaired) electrons. The van der Waals surface area contributed by atoms with Gasteiger partial charge in [0, 0.05) is 32.9 Å². The standard InChI is InChI=1S/C14H24N4O3/c1-15-14(17-10-12-5-9-21-18-12)16-6-3-7-19-11-13-4-2-8-20-13/h5,9,13H,2-4,6-8,10-11H2,1H3,(H2,15,16,17). The number of aromatic nitrogens is 1. The van der Waals surface area contributed by atoms with E-state index in [0.717, 1.165) is 50.7 Å². The van der Waals surface area contributed by atoms with Crippen LogP contribution in [-0.4, -0.2) is 50.6 Å². The zero-order valence-electron chi connectivity index (χ0n) is 12.5. The summed E-state index contributed by atoms with van der Waals surface area (Å²) in [4.78, 5) is 4.14. The van der Waals surface area contributed by atoms with Gasteiger partial charge in [-0.1, -0.05) is 5.16 Å². The summed E-state index contributed by atoms with van der Waals surface area (Å²) < 4.78 is 15.9. The van der Waals surface area contributed by atoms with E-state index in [4.69, 9.17) is 14.0 Å². The van der Waals surface area contributed by atoms with Crippen LogP contribution in [0.3, 0.4) is 0 Å². The van der Waals surface area contributed by atoms with Gasteiger partial charge in [-0.25, -0.2) is 0 Å². The molecule has 7 heteroatoms. The smallest absolute Gasteiger partial charge is 0.191 e. The first kappa shape index (κ1) is 15.8. The number of guanidine groups is 1. The minimum Gasteiger partial charge on any atom is -0.379 e. The second kappa shape index (κ2) is 9.36. The Morgan fingerprint density at radius 2 is 2.48 bits per heavy atom. The number of ether oxygens (including phenoxy) is 2. The van der Waals surface area contributed by atoms with Gasteiger partial charge in [-0.05, 0) is 19.3 Å². The third-order valence-electron chi connectivity index (χ3n) is 3.24. The largest absolute Gasteiger partial charge is 0.379 e. The molecular weight excluding hydrogens is 272 g/mol. The fraction of sp³-hybridized carbons (Fsp3) is 0.714. The lowest BCUT2D eigenvalue weighted by molar-refractivity contribution is 0.0168. The molecule has 2 rings (SSSR count). The van der Waals surface area contributed by atoms with Gasteiger partial charge in [0.1, 0.15) is 12.0 Å². The van der Waals surface area contributed by atoms with Crippen molar-refractivity contribution in [2.45, 2.75) is 31.9 Å². The van der Waals surface area contributed by atoms with Crippen molar-refractivity contribution in [3.05, 3.63) is 18.0 Å². The molecule has 1 aliphatic rings. The molecule has 0 bridgehead atoms. The highest BCUT2D eigenvalue weighted by atomic mass is 16.5. The molecule has 0 aromatic carbocycles. The minimum atomic E-state index is 0.301. The van der Waals surface area contributed by atoms with Gasteiger partial charge in [-0.3, -0.25) is 4.99 Å². The van der Waals surface area contributed by atoms with Crippen LogP contribution in [0.1, 0.15) is 25.0 Å². The monoisotopic (exact) mass is 296 g/mol. The second-order valence-corrected chi connectivity index (χ2v) is 4.91. The fourth-order valence-corrected chi connectivity index (χ4v) is 2.10. The van der Waals surface area contributed by atoms with E-state index < -0.39 is 0 Å². The molecule has 0 amide bonds. The van der Waals surface area contributed by atoms with Crippen molar-refractivity contribution in [1.82, 2.24) is 15.8 Å². The normalized spacial score (nSPS) is 18.9. The SMILES string of the molecule is CN=C(NCCCOCC1CCCO1)NCc1ccon1. The van der Waals surface area contributed by atoms with Crippen LogP contribution < -0.4 is 10.6 Å². The summed E-state index contributed by atoms with van der Waals surface area (Å²) in [6.45, 7) is 3.71. The van der Waals surface area contributed by atoms with E-state index in [1.807, 2.05) is 6.07 Å². The molecule has 0 saturated carbocycles. The van der Waals surface area contributed by atoms with Gasteiger partial charge < -0.3 is 24.6 Å². The quantitative estimate of drug-likeness (QED) is 0.422. The van der Waals surface area contributed by atoms with Gasteiger partial charge in [-0.2, -0.15) is 0 Å². The highest BCUT2D eigenvalue weighted by molar-refractivity contribution is 5.79. The minimum absolute atomic E-state index is 0.301. The summed E-state index contributed by atoms with van der Waals surface area (Å²) in [6.07, 6.45) is 5.06. The molecule has 1 aromatic rings. The zero-order valence-corrected chi connectivity index (χ0v) is 12.5. The van der Waals surface area contributed by atoms with Crippen LogP contribution >= 0.6 is 0 Å². The fourth-order valence-electron chi connectivity index (χ4n) is 2.10. The molecular formula is C14H24N4O3. The Labute approximate surface area is 125 Å². The molecule has 7 nitrogen and oxygen atoms in total. The van der Waals surface area contributed by atoms with E-state index in [9.17, 15) is 0 Å². The Morgan fingerprint density at radius 1 is 1.52 bits per heavy atom. The zero-order chi connectivity index (χ0) is 14.8. The van der Waals surface area contributed by atoms with E-state index in [1.165, 1.54) is 0 Å². The van der Waals surface area contributed by atoms with E-state index in [-0.39, 0.29) is 0 Å². The van der Waals surface area contributed by atoms with Crippen molar-refractivity contribution in [1.29, 1.82) is 0 Å². The number of aliphatic imine (C=N–C) groups is 1. The summed E-state index contributed by atoms with van der Waals surface area (Å²) in [7, 11) is 1.74. The number of nitrogens with zero attached hydrogens (tertiary/aromatic N) is 2. The molecule has 1 atom stereocenters. The average molecular weight is 296 g/mol. The van der Waals surface area contributed by atoms with Crippen LogP contribution in [0.25, 0.3) is 0 Å². The highest BCUT2D eigenvalue weighted by Gasteiger charge is 2.14. The summed E-state index contributed by atoms with van der Waals surface area (Å²) in [5, 5.41) is 10.2. The van der Waals surface area contributed by atoms with Crippen LogP contribution in [0.5, 0.6) is 0 Å². The third kappa shape index (κ3) is 6.14. The first-order valence-electron chi connectivity index (χ1n) is 7.41. The first-order valence-corrected chi connectivity index (χ1v) is 7.41. The third-order valence-corrected chi connectivity index (χ3v) is 3.24. The van der Waals surface area contributed by atoms with Gasteiger partial charge in [-0.15, -0.1) is 0 Å². The number of nitrogens with one attached hydrogen (secondary N) is 2. The lowest BCUT2D eigenvalue weighted by atomic mass is 10.2. The number of hydrogen-bond donors (Lipinski definition) is 2. The number of hydrogen-bond acceptors (Lipinski definition) is 5. The van der Waals surface area contributed by atoms with Crippen molar-refractivity contribution in [3.8, 4) is 0 Å². The van der Waals surface area contributed by atoms with Crippen molar-refractivity contribution >= 4 is 5.96 Å². The van der Waals surface area contributed by atoms with Crippen molar-refractivity contribution in [3.63, 3.8) is 0 Å². The van der Waals surface area contributed by atoms with Crippen molar-refractivity contribution in [2.24, 2.45) is 4.99 Å². The molecule has 21 heavy (non-hydrogen) atoms. The Hall–Kier alpha value is -1.60. The van der Waals surface area contributed by atoms with Crippen molar-refractivity contribution < 1.29 is 14.0 Å². The molecule has 0 spiro atoms. The van der Waals surface area contributed by atoms with Gasteiger partial charge in [0.25, 0.3) is 0 Å². The molecule has 1 saturated heterocycles. The Kier molecular flexibility index (Phi) is 7.03. The van der Waals surface area contributed by atoms with Crippen molar-refractivity contribution in [2.75, 3.05) is 33.4 Å². The van der Waals surface area contributed by atoms with Gasteiger partial charge in [0.15, 0.2) is 5.96 Å².